The molecule has 2 fully saturated rings. The summed E-state index contributed by atoms with van der Waals surface area (Å²) < 4.78 is 0. The predicted molar refractivity (Wildman–Crippen MR) is 112 cm³/mol. The van der Waals surface area contributed by atoms with E-state index in [1.165, 1.54) is 11.1 Å². The molecule has 154 valence electrons. The molecule has 0 bridgehead atoms. The third kappa shape index (κ3) is 2.98. The fraction of sp³-hybridized carbons (Fsp3) is 0.125. The van der Waals surface area contributed by atoms with Crippen LogP contribution in [0.5, 0.6) is 0 Å². The smallest absolute Gasteiger partial charge is 0.336 e. The van der Waals surface area contributed by atoms with Gasteiger partial charge >= 0.3 is 5.97 Å². The molecule has 2 aliphatic rings. The van der Waals surface area contributed by atoms with Crippen LogP contribution in [0.1, 0.15) is 22.0 Å². The summed E-state index contributed by atoms with van der Waals surface area (Å²) in [4.78, 5) is 45.8. The number of rotatable bonds is 4. The highest BCUT2D eigenvalue weighted by atomic mass is 16.7. The van der Waals surface area contributed by atoms with Crippen molar-refractivity contribution in [3.63, 3.8) is 0 Å². The van der Waals surface area contributed by atoms with E-state index >= 15 is 0 Å². The van der Waals surface area contributed by atoms with Crippen molar-refractivity contribution in [1.82, 2.24) is 0 Å². The topological polar surface area (TPSA) is 87.2 Å². The van der Waals surface area contributed by atoms with Crippen molar-refractivity contribution < 1.29 is 24.3 Å². The van der Waals surface area contributed by atoms with E-state index in [0.717, 1.165) is 4.90 Å². The van der Waals surface area contributed by atoms with Crippen molar-refractivity contribution >= 4 is 29.2 Å². The number of amides is 2. The molecule has 7 heteroatoms. The van der Waals surface area contributed by atoms with Crippen molar-refractivity contribution in [2.45, 2.75) is 12.1 Å². The van der Waals surface area contributed by atoms with Crippen LogP contribution in [-0.4, -0.2) is 29.0 Å². The fourth-order valence-electron chi connectivity index (χ4n) is 4.31. The van der Waals surface area contributed by atoms with E-state index in [1.807, 2.05) is 18.2 Å². The third-order valence-electron chi connectivity index (χ3n) is 5.65. The quantitative estimate of drug-likeness (QED) is 0.658. The van der Waals surface area contributed by atoms with Crippen molar-refractivity contribution in [3.05, 3.63) is 96.1 Å². The maximum absolute atomic E-state index is 13.5. The summed E-state index contributed by atoms with van der Waals surface area (Å²) in [6.07, 6.45) is -1.04. The van der Waals surface area contributed by atoms with E-state index in [0.29, 0.717) is 16.9 Å². The lowest BCUT2D eigenvalue weighted by Gasteiger charge is -2.29. The van der Waals surface area contributed by atoms with Crippen molar-refractivity contribution in [1.29, 1.82) is 0 Å². The van der Waals surface area contributed by atoms with Gasteiger partial charge in [0, 0.05) is 0 Å². The van der Waals surface area contributed by atoms with Crippen LogP contribution < -0.4 is 9.96 Å². The first-order chi connectivity index (χ1) is 15.1. The van der Waals surface area contributed by atoms with Gasteiger partial charge in [-0.2, -0.15) is 0 Å². The Balaban J connectivity index is 1.64. The molecule has 3 unspecified atom stereocenters. The molecule has 3 atom stereocenters. The number of carbonyl (C=O) groups excluding carboxylic acids is 2. The largest absolute Gasteiger partial charge is 0.478 e. The summed E-state index contributed by atoms with van der Waals surface area (Å²) in [5, 5.41) is 11.2. The van der Waals surface area contributed by atoms with Crippen LogP contribution in [0.2, 0.25) is 0 Å². The molecule has 1 N–H and O–H groups in total. The van der Waals surface area contributed by atoms with Crippen molar-refractivity contribution in [2.75, 3.05) is 9.96 Å². The summed E-state index contributed by atoms with van der Waals surface area (Å²) in [5.74, 6) is -2.86. The summed E-state index contributed by atoms with van der Waals surface area (Å²) in [5.41, 5.74) is 1.58. The number of hydrogen-bond acceptors (Lipinski definition) is 5. The minimum absolute atomic E-state index is 0.0658. The molecule has 31 heavy (non-hydrogen) atoms. The number of fused-ring (bicyclic) bond motifs is 1. The number of aromatic carboxylic acids is 1. The summed E-state index contributed by atoms with van der Waals surface area (Å²) in [7, 11) is 0. The minimum Gasteiger partial charge on any atom is -0.478 e. The van der Waals surface area contributed by atoms with Crippen LogP contribution in [0.3, 0.4) is 0 Å². The second kappa shape index (κ2) is 7.37. The second-order valence-corrected chi connectivity index (χ2v) is 7.40. The first-order valence-electron chi connectivity index (χ1n) is 9.84. The van der Waals surface area contributed by atoms with Gasteiger partial charge in [-0.3, -0.25) is 14.4 Å². The second-order valence-electron chi connectivity index (χ2n) is 7.40. The number of imide groups is 1. The molecule has 0 radical (unpaired) electrons. The van der Waals surface area contributed by atoms with Crippen LogP contribution >= 0.6 is 0 Å². The van der Waals surface area contributed by atoms with E-state index in [1.54, 1.807) is 60.7 Å². The Morgan fingerprint density at radius 2 is 1.35 bits per heavy atom. The molecule has 5 rings (SSSR count). The van der Waals surface area contributed by atoms with Crippen molar-refractivity contribution in [2.24, 2.45) is 5.92 Å². The van der Waals surface area contributed by atoms with Gasteiger partial charge in [-0.1, -0.05) is 54.6 Å². The van der Waals surface area contributed by atoms with E-state index in [-0.39, 0.29) is 5.56 Å². The number of hydroxylamine groups is 1. The first-order valence-corrected chi connectivity index (χ1v) is 9.84. The third-order valence-corrected chi connectivity index (χ3v) is 5.65. The predicted octanol–water partition coefficient (Wildman–Crippen LogP) is 3.44. The lowest BCUT2D eigenvalue weighted by molar-refractivity contribution is -0.126. The Bertz CT molecular complexity index is 1160. The minimum atomic E-state index is -1.11. The Labute approximate surface area is 178 Å². The Hall–Kier alpha value is -3.97. The normalized spacial score (nSPS) is 22.6. The van der Waals surface area contributed by atoms with Crippen molar-refractivity contribution in [3.8, 4) is 0 Å². The molecule has 0 aliphatic carbocycles. The highest BCUT2D eigenvalue weighted by molar-refractivity contribution is 6.24. The molecule has 7 nitrogen and oxygen atoms in total. The highest BCUT2D eigenvalue weighted by Gasteiger charge is 2.60. The van der Waals surface area contributed by atoms with Gasteiger partial charge in [0.15, 0.2) is 6.10 Å². The lowest BCUT2D eigenvalue weighted by Crippen LogP contribution is -2.37. The molecule has 2 saturated heterocycles. The molecule has 2 amide bonds. The van der Waals surface area contributed by atoms with Gasteiger partial charge < -0.3 is 5.11 Å². The molecule has 3 aromatic carbocycles. The van der Waals surface area contributed by atoms with Crippen LogP contribution in [0.25, 0.3) is 0 Å². The molecule has 2 heterocycles. The van der Waals surface area contributed by atoms with Gasteiger partial charge in [0.25, 0.3) is 5.91 Å². The zero-order valence-corrected chi connectivity index (χ0v) is 16.3. The lowest BCUT2D eigenvalue weighted by atomic mass is 9.88. The fourth-order valence-corrected chi connectivity index (χ4v) is 4.31. The number of para-hydroxylation sites is 2. The van der Waals surface area contributed by atoms with Gasteiger partial charge in [0.2, 0.25) is 5.91 Å². The van der Waals surface area contributed by atoms with Crippen LogP contribution in [0.4, 0.5) is 11.4 Å². The Morgan fingerprint density at radius 3 is 2.00 bits per heavy atom. The average Bonchev–Trinajstić information content (AvgIpc) is 3.31. The molecule has 0 saturated carbocycles. The zero-order valence-electron chi connectivity index (χ0n) is 16.3. The van der Waals surface area contributed by atoms with Crippen LogP contribution in [-0.2, 0) is 14.4 Å². The Morgan fingerprint density at radius 1 is 0.774 bits per heavy atom. The number of carboxylic acid groups (broad SMARTS) is 1. The van der Waals surface area contributed by atoms with Gasteiger partial charge in [-0.25, -0.2) is 14.8 Å². The maximum Gasteiger partial charge on any atom is 0.336 e. The van der Waals surface area contributed by atoms with E-state index in [2.05, 4.69) is 0 Å². The first kappa shape index (κ1) is 19.0. The van der Waals surface area contributed by atoms with Crippen LogP contribution in [0.15, 0.2) is 84.9 Å². The van der Waals surface area contributed by atoms with Gasteiger partial charge in [0.05, 0.1) is 23.0 Å². The maximum atomic E-state index is 13.5. The summed E-state index contributed by atoms with van der Waals surface area (Å²) in [6, 6.07) is 23.5. The van der Waals surface area contributed by atoms with Gasteiger partial charge in [-0.05, 0) is 35.9 Å². The summed E-state index contributed by atoms with van der Waals surface area (Å²) in [6.45, 7) is 0. The van der Waals surface area contributed by atoms with E-state index < -0.39 is 35.8 Å². The Kier molecular flexibility index (Phi) is 4.52. The molecule has 0 spiro atoms. The van der Waals surface area contributed by atoms with Crippen LogP contribution in [0, 0.1) is 5.92 Å². The average molecular weight is 414 g/mol. The standard InChI is InChI=1S/C24H18N2O5/c27-22-19-20(17-13-7-8-14-18(17)24(29)30)26(16-11-5-2-6-12-16)31-21(19)23(28)25(22)15-9-3-1-4-10-15/h1-14,19-21H,(H,29,30). The van der Waals surface area contributed by atoms with Gasteiger partial charge in [-0.15, -0.1) is 0 Å². The molecular weight excluding hydrogens is 396 g/mol. The SMILES string of the molecule is O=C(O)c1ccccc1C1C2C(=O)N(c3ccccc3)C(=O)C2ON1c1ccccc1. The zero-order chi connectivity index (χ0) is 21.5. The van der Waals surface area contributed by atoms with E-state index in [9.17, 15) is 19.5 Å². The number of carbonyl (C=O) groups is 3. The number of hydrogen-bond donors (Lipinski definition) is 1. The molecular formula is C24H18N2O5. The molecule has 0 aromatic heterocycles. The summed E-state index contributed by atoms with van der Waals surface area (Å²) >= 11 is 0. The highest BCUT2D eigenvalue weighted by Crippen LogP contribution is 2.48. The number of carboxylic acids is 1. The van der Waals surface area contributed by atoms with E-state index in [4.69, 9.17) is 4.84 Å². The number of nitrogens with zero attached hydrogens (tertiary/aromatic N) is 2. The molecule has 3 aromatic rings. The monoisotopic (exact) mass is 414 g/mol. The number of anilines is 2. The molecule has 2 aliphatic heterocycles. The number of benzene rings is 3. The van der Waals surface area contributed by atoms with Gasteiger partial charge in [0.1, 0.15) is 5.92 Å².